The maximum Gasteiger partial charge on any atom is 0.328 e. The summed E-state index contributed by atoms with van der Waals surface area (Å²) in [5.74, 6) is -0.301. The van der Waals surface area contributed by atoms with E-state index in [1.807, 2.05) is 22.9 Å². The fraction of sp³-hybridized carbons (Fsp3) is 0.231. The minimum absolute atomic E-state index is 0.301. The second kappa shape index (κ2) is 4.30. The molecule has 17 heavy (non-hydrogen) atoms. The Morgan fingerprint density at radius 1 is 1.47 bits per heavy atom. The van der Waals surface area contributed by atoms with Gasteiger partial charge in [0, 0.05) is 6.20 Å². The van der Waals surface area contributed by atoms with Crippen LogP contribution in [-0.2, 0) is 9.53 Å². The van der Waals surface area contributed by atoms with E-state index in [1.54, 1.807) is 19.1 Å². The summed E-state index contributed by atoms with van der Waals surface area (Å²) in [5, 5.41) is 9.87. The second-order valence-corrected chi connectivity index (χ2v) is 3.81. The van der Waals surface area contributed by atoms with Crippen LogP contribution in [0.4, 0.5) is 0 Å². The SMILES string of the molecule is COC(=O)C(C)n1ccc2ccc(C#N)cc21. The number of rotatable bonds is 2. The number of nitriles is 1. The highest BCUT2D eigenvalue weighted by Gasteiger charge is 2.16. The van der Waals surface area contributed by atoms with Gasteiger partial charge in [-0.3, -0.25) is 0 Å². The van der Waals surface area contributed by atoms with Crippen molar-refractivity contribution in [2.45, 2.75) is 13.0 Å². The summed E-state index contributed by atoms with van der Waals surface area (Å²) in [4.78, 5) is 11.5. The van der Waals surface area contributed by atoms with E-state index in [0.29, 0.717) is 5.56 Å². The van der Waals surface area contributed by atoms with E-state index in [-0.39, 0.29) is 5.97 Å². The highest BCUT2D eigenvalue weighted by Crippen LogP contribution is 2.21. The molecule has 0 fully saturated rings. The minimum atomic E-state index is -0.397. The van der Waals surface area contributed by atoms with Gasteiger partial charge < -0.3 is 9.30 Å². The number of fused-ring (bicyclic) bond motifs is 1. The third kappa shape index (κ3) is 1.87. The lowest BCUT2D eigenvalue weighted by Crippen LogP contribution is -2.16. The van der Waals surface area contributed by atoms with Gasteiger partial charge in [-0.2, -0.15) is 5.26 Å². The lowest BCUT2D eigenvalue weighted by molar-refractivity contribution is -0.143. The van der Waals surface area contributed by atoms with Crippen LogP contribution in [0.25, 0.3) is 10.9 Å². The number of nitrogens with zero attached hydrogens (tertiary/aromatic N) is 2. The first kappa shape index (κ1) is 11.2. The van der Waals surface area contributed by atoms with E-state index in [0.717, 1.165) is 10.9 Å². The average Bonchev–Trinajstić information content (AvgIpc) is 2.79. The van der Waals surface area contributed by atoms with E-state index >= 15 is 0 Å². The molecule has 1 aromatic heterocycles. The Labute approximate surface area is 99.0 Å². The molecule has 1 atom stereocenters. The zero-order chi connectivity index (χ0) is 12.4. The minimum Gasteiger partial charge on any atom is -0.467 e. The molecule has 1 unspecified atom stereocenters. The number of methoxy groups -OCH3 is 1. The number of hydrogen-bond acceptors (Lipinski definition) is 3. The van der Waals surface area contributed by atoms with Crippen molar-refractivity contribution in [2.75, 3.05) is 7.11 Å². The van der Waals surface area contributed by atoms with Crippen molar-refractivity contribution < 1.29 is 9.53 Å². The van der Waals surface area contributed by atoms with Crippen LogP contribution in [-0.4, -0.2) is 17.6 Å². The molecule has 1 heterocycles. The van der Waals surface area contributed by atoms with Gasteiger partial charge in [0.25, 0.3) is 0 Å². The predicted octanol–water partition coefficient (Wildman–Crippen LogP) is 2.25. The van der Waals surface area contributed by atoms with Crippen LogP contribution < -0.4 is 0 Å². The van der Waals surface area contributed by atoms with Crippen molar-refractivity contribution in [3.05, 3.63) is 36.0 Å². The predicted molar refractivity (Wildman–Crippen MR) is 63.4 cm³/mol. The van der Waals surface area contributed by atoms with E-state index in [9.17, 15) is 4.79 Å². The molecule has 0 aliphatic rings. The summed E-state index contributed by atoms with van der Waals surface area (Å²) in [7, 11) is 1.37. The van der Waals surface area contributed by atoms with Crippen molar-refractivity contribution in [3.63, 3.8) is 0 Å². The summed E-state index contributed by atoms with van der Waals surface area (Å²) in [6, 6.07) is 9.01. The van der Waals surface area contributed by atoms with Gasteiger partial charge in [0.15, 0.2) is 0 Å². The van der Waals surface area contributed by atoms with Crippen molar-refractivity contribution >= 4 is 16.9 Å². The van der Waals surface area contributed by atoms with Gasteiger partial charge in [-0.15, -0.1) is 0 Å². The lowest BCUT2D eigenvalue weighted by Gasteiger charge is -2.12. The number of esters is 1. The highest BCUT2D eigenvalue weighted by molar-refractivity contribution is 5.84. The third-order valence-electron chi connectivity index (χ3n) is 2.81. The van der Waals surface area contributed by atoms with Crippen molar-refractivity contribution in [3.8, 4) is 6.07 Å². The molecule has 0 aliphatic carbocycles. The fourth-order valence-electron chi connectivity index (χ4n) is 1.84. The van der Waals surface area contributed by atoms with Crippen LogP contribution in [0, 0.1) is 11.3 Å². The summed E-state index contributed by atoms with van der Waals surface area (Å²) < 4.78 is 6.52. The van der Waals surface area contributed by atoms with Crippen molar-refractivity contribution in [1.29, 1.82) is 5.26 Å². The van der Waals surface area contributed by atoms with E-state index in [4.69, 9.17) is 10.00 Å². The molecular weight excluding hydrogens is 216 g/mol. The van der Waals surface area contributed by atoms with E-state index < -0.39 is 6.04 Å². The quantitative estimate of drug-likeness (QED) is 0.741. The molecule has 0 radical (unpaired) electrons. The Kier molecular flexibility index (Phi) is 2.84. The molecule has 0 spiro atoms. The first-order valence-corrected chi connectivity index (χ1v) is 5.26. The smallest absolute Gasteiger partial charge is 0.328 e. The monoisotopic (exact) mass is 228 g/mol. The first-order chi connectivity index (χ1) is 8.17. The zero-order valence-corrected chi connectivity index (χ0v) is 9.68. The number of carbonyl (C=O) groups excluding carboxylic acids is 1. The van der Waals surface area contributed by atoms with E-state index in [1.165, 1.54) is 7.11 Å². The number of hydrogen-bond donors (Lipinski definition) is 0. The lowest BCUT2D eigenvalue weighted by atomic mass is 10.2. The van der Waals surface area contributed by atoms with Gasteiger partial charge in [-0.25, -0.2) is 4.79 Å². The molecule has 1 aromatic carbocycles. The Balaban J connectivity index is 2.55. The Hall–Kier alpha value is -2.28. The van der Waals surface area contributed by atoms with Gasteiger partial charge >= 0.3 is 5.97 Å². The van der Waals surface area contributed by atoms with Gasteiger partial charge in [0.1, 0.15) is 6.04 Å². The van der Waals surface area contributed by atoms with Crippen LogP contribution in [0.2, 0.25) is 0 Å². The first-order valence-electron chi connectivity index (χ1n) is 5.26. The Morgan fingerprint density at radius 2 is 2.24 bits per heavy atom. The molecule has 0 N–H and O–H groups in total. The molecular formula is C13H12N2O2. The molecule has 0 saturated carbocycles. The Morgan fingerprint density at radius 3 is 2.88 bits per heavy atom. The molecule has 86 valence electrons. The molecule has 0 bridgehead atoms. The standard InChI is InChI=1S/C13H12N2O2/c1-9(13(16)17-2)15-6-5-11-4-3-10(8-14)7-12(11)15/h3-7,9H,1-2H3. The summed E-state index contributed by atoms with van der Waals surface area (Å²) in [6.45, 7) is 1.77. The molecule has 4 heteroatoms. The number of carbonyl (C=O) groups is 1. The van der Waals surface area contributed by atoms with Crippen LogP contribution in [0.1, 0.15) is 18.5 Å². The van der Waals surface area contributed by atoms with Crippen LogP contribution >= 0.6 is 0 Å². The van der Waals surface area contributed by atoms with Gasteiger partial charge in [0.05, 0.1) is 24.3 Å². The van der Waals surface area contributed by atoms with Crippen LogP contribution in [0.15, 0.2) is 30.5 Å². The number of ether oxygens (including phenoxy) is 1. The van der Waals surface area contributed by atoms with Gasteiger partial charge in [-0.05, 0) is 30.5 Å². The topological polar surface area (TPSA) is 55.0 Å². The second-order valence-electron chi connectivity index (χ2n) is 3.81. The third-order valence-corrected chi connectivity index (χ3v) is 2.81. The molecule has 0 amide bonds. The molecule has 2 aromatic rings. The molecule has 0 aliphatic heterocycles. The normalized spacial score (nSPS) is 12.1. The maximum absolute atomic E-state index is 11.5. The molecule has 4 nitrogen and oxygen atoms in total. The van der Waals surface area contributed by atoms with Gasteiger partial charge in [-0.1, -0.05) is 6.07 Å². The van der Waals surface area contributed by atoms with Crippen LogP contribution in [0.3, 0.4) is 0 Å². The average molecular weight is 228 g/mol. The van der Waals surface area contributed by atoms with Crippen molar-refractivity contribution in [1.82, 2.24) is 4.57 Å². The fourth-order valence-corrected chi connectivity index (χ4v) is 1.84. The maximum atomic E-state index is 11.5. The van der Waals surface area contributed by atoms with Crippen LogP contribution in [0.5, 0.6) is 0 Å². The largest absolute Gasteiger partial charge is 0.467 e. The number of aromatic nitrogens is 1. The summed E-state index contributed by atoms with van der Waals surface area (Å²) in [6.07, 6.45) is 1.83. The zero-order valence-electron chi connectivity index (χ0n) is 9.68. The summed E-state index contributed by atoms with van der Waals surface area (Å²) in [5.41, 5.74) is 1.44. The van der Waals surface area contributed by atoms with Crippen molar-refractivity contribution in [2.24, 2.45) is 0 Å². The summed E-state index contributed by atoms with van der Waals surface area (Å²) >= 11 is 0. The molecule has 2 rings (SSSR count). The molecule has 0 saturated heterocycles. The van der Waals surface area contributed by atoms with Gasteiger partial charge in [0.2, 0.25) is 0 Å². The highest BCUT2D eigenvalue weighted by atomic mass is 16.5. The number of benzene rings is 1. The van der Waals surface area contributed by atoms with E-state index in [2.05, 4.69) is 6.07 Å². The Bertz CT molecular complexity index is 607.